The van der Waals surface area contributed by atoms with E-state index in [1.165, 1.54) is 6.07 Å². The van der Waals surface area contributed by atoms with Crippen LogP contribution in [0.5, 0.6) is 0 Å². The maximum absolute atomic E-state index is 13.2. The third-order valence-corrected chi connectivity index (χ3v) is 3.64. The zero-order valence-corrected chi connectivity index (χ0v) is 12.6. The Labute approximate surface area is 123 Å². The summed E-state index contributed by atoms with van der Waals surface area (Å²) in [7, 11) is 0. The van der Waals surface area contributed by atoms with Gasteiger partial charge in [0.05, 0.1) is 5.56 Å². The van der Waals surface area contributed by atoms with Gasteiger partial charge in [0.1, 0.15) is 5.82 Å². The Morgan fingerprint density at radius 3 is 2.48 bits per heavy atom. The summed E-state index contributed by atoms with van der Waals surface area (Å²) in [4.78, 5) is 0. The van der Waals surface area contributed by atoms with Crippen molar-refractivity contribution in [2.45, 2.75) is 52.3 Å². The molecule has 0 spiro atoms. The predicted molar refractivity (Wildman–Crippen MR) is 76.4 cm³/mol. The van der Waals surface area contributed by atoms with E-state index < -0.39 is 17.6 Å². The Morgan fingerprint density at radius 2 is 1.90 bits per heavy atom. The molecule has 1 aromatic carbocycles. The smallest absolute Gasteiger partial charge is 0.312 e. The van der Waals surface area contributed by atoms with Crippen LogP contribution >= 0.6 is 0 Å². The molecule has 0 radical (unpaired) electrons. The number of hydrogen-bond acceptors (Lipinski definition) is 1. The van der Waals surface area contributed by atoms with Crippen LogP contribution in [0.15, 0.2) is 18.2 Å². The SMILES string of the molecule is CCCCC(CC)CNCc1ccc(F)c(C(F)(F)F)c1. The molecule has 0 bridgehead atoms. The fourth-order valence-corrected chi connectivity index (χ4v) is 2.26. The molecule has 0 aliphatic carbocycles. The van der Waals surface area contributed by atoms with Crippen molar-refractivity contribution in [1.29, 1.82) is 0 Å². The van der Waals surface area contributed by atoms with Gasteiger partial charge in [-0.2, -0.15) is 13.2 Å². The van der Waals surface area contributed by atoms with Crippen LogP contribution in [-0.2, 0) is 12.7 Å². The molecule has 1 nitrogen and oxygen atoms in total. The zero-order chi connectivity index (χ0) is 15.9. The molecule has 1 unspecified atom stereocenters. The highest BCUT2D eigenvalue weighted by Gasteiger charge is 2.34. The molecule has 1 aromatic rings. The average Bonchev–Trinajstić information content (AvgIpc) is 2.43. The second-order valence-corrected chi connectivity index (χ2v) is 5.36. The molecule has 0 saturated carbocycles. The van der Waals surface area contributed by atoms with Crippen LogP contribution in [0.4, 0.5) is 17.6 Å². The lowest BCUT2D eigenvalue weighted by Crippen LogP contribution is -2.22. The molecule has 0 aromatic heterocycles. The lowest BCUT2D eigenvalue weighted by Gasteiger charge is -2.16. The third kappa shape index (κ3) is 6.04. The molecule has 120 valence electrons. The summed E-state index contributed by atoms with van der Waals surface area (Å²) in [6, 6.07) is 3.16. The Kier molecular flexibility index (Phi) is 7.15. The van der Waals surface area contributed by atoms with E-state index in [0.29, 0.717) is 18.0 Å². The quantitative estimate of drug-likeness (QED) is 0.655. The van der Waals surface area contributed by atoms with E-state index in [1.807, 2.05) is 0 Å². The van der Waals surface area contributed by atoms with Gasteiger partial charge in [0, 0.05) is 6.54 Å². The van der Waals surface area contributed by atoms with E-state index in [9.17, 15) is 17.6 Å². The van der Waals surface area contributed by atoms with E-state index >= 15 is 0 Å². The first kappa shape index (κ1) is 18.0. The van der Waals surface area contributed by atoms with Crippen molar-refractivity contribution in [3.05, 3.63) is 35.1 Å². The van der Waals surface area contributed by atoms with Crippen molar-refractivity contribution in [1.82, 2.24) is 5.32 Å². The maximum atomic E-state index is 13.2. The fraction of sp³-hybridized carbons (Fsp3) is 0.625. The van der Waals surface area contributed by atoms with Gasteiger partial charge in [-0.15, -0.1) is 0 Å². The lowest BCUT2D eigenvalue weighted by molar-refractivity contribution is -0.140. The number of halogens is 4. The minimum atomic E-state index is -4.65. The van der Waals surface area contributed by atoms with Crippen molar-refractivity contribution >= 4 is 0 Å². The molecule has 1 rings (SSSR count). The molecule has 0 saturated heterocycles. The monoisotopic (exact) mass is 305 g/mol. The highest BCUT2D eigenvalue weighted by molar-refractivity contribution is 5.27. The van der Waals surface area contributed by atoms with Crippen molar-refractivity contribution in [3.8, 4) is 0 Å². The Hall–Kier alpha value is -1.10. The number of rotatable bonds is 8. The first-order valence-corrected chi connectivity index (χ1v) is 7.44. The van der Waals surface area contributed by atoms with Gasteiger partial charge in [0.25, 0.3) is 0 Å². The highest BCUT2D eigenvalue weighted by Crippen LogP contribution is 2.31. The molecule has 1 atom stereocenters. The standard InChI is InChI=1S/C16H23F4N/c1-3-5-6-12(4-2)10-21-11-13-7-8-15(17)14(9-13)16(18,19)20/h7-9,12,21H,3-6,10-11H2,1-2H3. The van der Waals surface area contributed by atoms with E-state index in [0.717, 1.165) is 44.4 Å². The molecular formula is C16H23F4N. The summed E-state index contributed by atoms with van der Waals surface area (Å²) in [6.07, 6.45) is -0.174. The van der Waals surface area contributed by atoms with Crippen molar-refractivity contribution < 1.29 is 17.6 Å². The first-order valence-electron chi connectivity index (χ1n) is 7.44. The largest absolute Gasteiger partial charge is 0.419 e. The molecule has 0 amide bonds. The predicted octanol–water partition coefficient (Wildman–Crippen LogP) is 5.15. The van der Waals surface area contributed by atoms with Crippen LogP contribution in [0, 0.1) is 11.7 Å². The van der Waals surface area contributed by atoms with Gasteiger partial charge in [-0.05, 0) is 36.6 Å². The van der Waals surface area contributed by atoms with Crippen LogP contribution in [0.3, 0.4) is 0 Å². The van der Waals surface area contributed by atoms with Crippen LogP contribution in [-0.4, -0.2) is 6.54 Å². The number of alkyl halides is 3. The average molecular weight is 305 g/mol. The Bertz CT molecular complexity index is 429. The molecule has 0 fully saturated rings. The van der Waals surface area contributed by atoms with E-state index in [1.54, 1.807) is 0 Å². The van der Waals surface area contributed by atoms with Crippen LogP contribution < -0.4 is 5.32 Å². The van der Waals surface area contributed by atoms with E-state index in [-0.39, 0.29) is 0 Å². The van der Waals surface area contributed by atoms with E-state index in [4.69, 9.17) is 0 Å². The molecule has 0 heterocycles. The fourth-order valence-electron chi connectivity index (χ4n) is 2.26. The first-order chi connectivity index (χ1) is 9.88. The van der Waals surface area contributed by atoms with Crippen molar-refractivity contribution in [2.75, 3.05) is 6.54 Å². The summed E-state index contributed by atoms with van der Waals surface area (Å²) < 4.78 is 51.0. The number of nitrogens with one attached hydrogen (secondary N) is 1. The minimum absolute atomic E-state index is 0.325. The Morgan fingerprint density at radius 1 is 1.19 bits per heavy atom. The second-order valence-electron chi connectivity index (χ2n) is 5.36. The number of hydrogen-bond donors (Lipinski definition) is 1. The number of unbranched alkanes of at least 4 members (excludes halogenated alkanes) is 1. The molecular weight excluding hydrogens is 282 g/mol. The summed E-state index contributed by atoms with van der Waals surface area (Å²) in [5, 5.41) is 3.17. The van der Waals surface area contributed by atoms with Gasteiger partial charge in [0.2, 0.25) is 0 Å². The van der Waals surface area contributed by atoms with E-state index in [2.05, 4.69) is 19.2 Å². The summed E-state index contributed by atoms with van der Waals surface area (Å²) in [6.45, 7) is 5.35. The van der Waals surface area contributed by atoms with Crippen molar-refractivity contribution in [2.24, 2.45) is 5.92 Å². The summed E-state index contributed by atoms with van der Waals surface area (Å²) in [5.74, 6) is -0.687. The normalized spacial score (nSPS) is 13.4. The van der Waals surface area contributed by atoms with Gasteiger partial charge >= 0.3 is 6.18 Å². The maximum Gasteiger partial charge on any atom is 0.419 e. The summed E-state index contributed by atoms with van der Waals surface area (Å²) >= 11 is 0. The van der Waals surface area contributed by atoms with Gasteiger partial charge in [-0.3, -0.25) is 0 Å². The van der Waals surface area contributed by atoms with Gasteiger partial charge < -0.3 is 5.32 Å². The molecule has 0 aliphatic rings. The third-order valence-electron chi connectivity index (χ3n) is 3.64. The summed E-state index contributed by atoms with van der Waals surface area (Å²) in [5.41, 5.74) is -0.742. The zero-order valence-electron chi connectivity index (χ0n) is 12.6. The topological polar surface area (TPSA) is 12.0 Å². The Balaban J connectivity index is 2.56. The minimum Gasteiger partial charge on any atom is -0.312 e. The number of benzene rings is 1. The molecule has 0 aliphatic heterocycles. The van der Waals surface area contributed by atoms with Crippen LogP contribution in [0.25, 0.3) is 0 Å². The van der Waals surface area contributed by atoms with Crippen molar-refractivity contribution in [3.63, 3.8) is 0 Å². The van der Waals surface area contributed by atoms with Gasteiger partial charge in [-0.1, -0.05) is 39.2 Å². The van der Waals surface area contributed by atoms with Gasteiger partial charge in [-0.25, -0.2) is 4.39 Å². The molecule has 1 N–H and O–H groups in total. The van der Waals surface area contributed by atoms with Crippen LogP contribution in [0.1, 0.15) is 50.7 Å². The highest BCUT2D eigenvalue weighted by atomic mass is 19.4. The second kappa shape index (κ2) is 8.37. The van der Waals surface area contributed by atoms with Crippen LogP contribution in [0.2, 0.25) is 0 Å². The molecule has 5 heteroatoms. The molecule has 21 heavy (non-hydrogen) atoms. The van der Waals surface area contributed by atoms with Gasteiger partial charge in [0.15, 0.2) is 0 Å². The lowest BCUT2D eigenvalue weighted by atomic mass is 9.99.